The van der Waals surface area contributed by atoms with E-state index >= 15 is 0 Å². The van der Waals surface area contributed by atoms with Crippen LogP contribution in [0.1, 0.15) is 16.1 Å². The van der Waals surface area contributed by atoms with Gasteiger partial charge in [-0.25, -0.2) is 8.42 Å². The second kappa shape index (κ2) is 6.33. The molecule has 0 bridgehead atoms. The first-order chi connectivity index (χ1) is 11.0. The molecule has 2 aromatic rings. The predicted octanol–water partition coefficient (Wildman–Crippen LogP) is 2.34. The molecule has 1 N–H and O–H groups in total. The first-order valence-corrected chi connectivity index (χ1v) is 9.87. The monoisotopic (exact) mass is 351 g/mol. The molecular formula is C16H17NO4S2. The number of ether oxygens (including phenoxy) is 1. The second-order valence-corrected chi connectivity index (χ2v) is 8.73. The van der Waals surface area contributed by atoms with E-state index in [4.69, 9.17) is 4.74 Å². The van der Waals surface area contributed by atoms with Crippen molar-refractivity contribution < 1.29 is 17.9 Å². The van der Waals surface area contributed by atoms with Crippen LogP contribution in [0, 0.1) is 0 Å². The summed E-state index contributed by atoms with van der Waals surface area (Å²) in [7, 11) is -1.50. The third-order valence-corrected chi connectivity index (χ3v) is 6.68. The van der Waals surface area contributed by atoms with E-state index in [1.165, 1.54) is 18.4 Å². The number of methoxy groups -OCH3 is 1. The summed E-state index contributed by atoms with van der Waals surface area (Å²) in [5.41, 5.74) is 1.01. The van der Waals surface area contributed by atoms with Crippen LogP contribution in [-0.4, -0.2) is 39.0 Å². The molecule has 0 unspecified atom stereocenters. The summed E-state index contributed by atoms with van der Waals surface area (Å²) in [6.45, 7) is 0. The highest BCUT2D eigenvalue weighted by molar-refractivity contribution is 7.91. The fourth-order valence-electron chi connectivity index (χ4n) is 2.59. The van der Waals surface area contributed by atoms with Gasteiger partial charge in [0.15, 0.2) is 9.84 Å². The lowest BCUT2D eigenvalue weighted by atomic mass is 10.2. The van der Waals surface area contributed by atoms with Crippen molar-refractivity contribution in [3.63, 3.8) is 0 Å². The zero-order chi connectivity index (χ0) is 16.4. The number of rotatable bonds is 4. The van der Waals surface area contributed by atoms with Crippen LogP contribution in [-0.2, 0) is 9.84 Å². The first-order valence-electron chi connectivity index (χ1n) is 7.23. The first kappa shape index (κ1) is 16.0. The topological polar surface area (TPSA) is 72.5 Å². The van der Waals surface area contributed by atoms with E-state index in [9.17, 15) is 13.2 Å². The van der Waals surface area contributed by atoms with Crippen molar-refractivity contribution >= 4 is 27.1 Å². The van der Waals surface area contributed by atoms with Crippen LogP contribution in [0.2, 0.25) is 0 Å². The lowest BCUT2D eigenvalue weighted by Gasteiger charge is -2.10. The number of carbonyl (C=O) groups excluding carboxylic acids is 1. The molecule has 23 heavy (non-hydrogen) atoms. The highest BCUT2D eigenvalue weighted by Gasteiger charge is 2.30. The Hall–Kier alpha value is -1.86. The number of sulfone groups is 1. The van der Waals surface area contributed by atoms with E-state index in [1.807, 2.05) is 36.4 Å². The van der Waals surface area contributed by atoms with Gasteiger partial charge in [-0.1, -0.05) is 30.3 Å². The second-order valence-electron chi connectivity index (χ2n) is 5.45. The number of carbonyl (C=O) groups is 1. The standard InChI is InChI=1S/C16H17NO4S2/c1-21-13-9-14(11-5-3-2-4-6-11)22-15(13)16(18)17-12-7-8-23(19,20)10-12/h2-6,9,12H,7-8,10H2,1H3,(H,17,18)/t12-/m0/s1. The predicted molar refractivity (Wildman–Crippen MR) is 90.8 cm³/mol. The van der Waals surface area contributed by atoms with Crippen LogP contribution in [0.4, 0.5) is 0 Å². The minimum atomic E-state index is -3.02. The fraction of sp³-hybridized carbons (Fsp3) is 0.312. The summed E-state index contributed by atoms with van der Waals surface area (Å²) >= 11 is 1.34. The zero-order valence-corrected chi connectivity index (χ0v) is 14.2. The zero-order valence-electron chi connectivity index (χ0n) is 12.6. The van der Waals surface area contributed by atoms with Gasteiger partial charge in [-0.2, -0.15) is 0 Å². The minimum absolute atomic E-state index is 0.0119. The number of thiophene rings is 1. The highest BCUT2D eigenvalue weighted by Crippen LogP contribution is 2.36. The van der Waals surface area contributed by atoms with Crippen molar-refractivity contribution in [2.45, 2.75) is 12.5 Å². The molecule has 0 spiro atoms. The van der Waals surface area contributed by atoms with Gasteiger partial charge in [-0.3, -0.25) is 4.79 Å². The molecule has 2 heterocycles. The van der Waals surface area contributed by atoms with Crippen molar-refractivity contribution in [3.05, 3.63) is 41.3 Å². The van der Waals surface area contributed by atoms with Crippen LogP contribution in [0.15, 0.2) is 36.4 Å². The Morgan fingerprint density at radius 3 is 2.65 bits per heavy atom. The summed E-state index contributed by atoms with van der Waals surface area (Å²) in [5, 5.41) is 2.80. The Morgan fingerprint density at radius 1 is 1.30 bits per heavy atom. The number of hydrogen-bond acceptors (Lipinski definition) is 5. The van der Waals surface area contributed by atoms with Gasteiger partial charge in [-0.05, 0) is 18.1 Å². The SMILES string of the molecule is COc1cc(-c2ccccc2)sc1C(=O)N[C@H]1CCS(=O)(=O)C1. The van der Waals surface area contributed by atoms with Crippen molar-refractivity contribution in [1.29, 1.82) is 0 Å². The van der Waals surface area contributed by atoms with E-state index in [0.29, 0.717) is 17.0 Å². The smallest absolute Gasteiger partial charge is 0.265 e. The molecule has 0 saturated carbocycles. The van der Waals surface area contributed by atoms with E-state index in [2.05, 4.69) is 5.32 Å². The Balaban J connectivity index is 1.82. The fourth-order valence-corrected chi connectivity index (χ4v) is 5.30. The lowest BCUT2D eigenvalue weighted by molar-refractivity contribution is 0.0942. The molecule has 1 fully saturated rings. The van der Waals surface area contributed by atoms with E-state index in [-0.39, 0.29) is 23.5 Å². The van der Waals surface area contributed by atoms with Crippen molar-refractivity contribution in [2.24, 2.45) is 0 Å². The average molecular weight is 351 g/mol. The molecule has 1 aromatic heterocycles. The molecule has 1 aliphatic heterocycles. The molecule has 1 aliphatic rings. The molecule has 3 rings (SSSR count). The van der Waals surface area contributed by atoms with Crippen LogP contribution in [0.5, 0.6) is 5.75 Å². The quantitative estimate of drug-likeness (QED) is 0.918. The number of hydrogen-bond donors (Lipinski definition) is 1. The van der Waals surface area contributed by atoms with Crippen molar-refractivity contribution in [3.8, 4) is 16.2 Å². The Kier molecular flexibility index (Phi) is 4.41. The van der Waals surface area contributed by atoms with Gasteiger partial charge in [-0.15, -0.1) is 11.3 Å². The van der Waals surface area contributed by atoms with E-state index < -0.39 is 9.84 Å². The van der Waals surface area contributed by atoms with Crippen molar-refractivity contribution in [2.75, 3.05) is 18.6 Å². The largest absolute Gasteiger partial charge is 0.495 e. The van der Waals surface area contributed by atoms with Crippen LogP contribution in [0.3, 0.4) is 0 Å². The number of benzene rings is 1. The maximum Gasteiger partial charge on any atom is 0.265 e. The van der Waals surface area contributed by atoms with Gasteiger partial charge in [0.05, 0.1) is 18.6 Å². The molecule has 0 radical (unpaired) electrons. The lowest BCUT2D eigenvalue weighted by Crippen LogP contribution is -2.35. The molecule has 7 heteroatoms. The van der Waals surface area contributed by atoms with Crippen LogP contribution in [0.25, 0.3) is 10.4 Å². The summed E-state index contributed by atoms with van der Waals surface area (Å²) in [6, 6.07) is 11.3. The van der Waals surface area contributed by atoms with Gasteiger partial charge in [0.2, 0.25) is 0 Å². The molecule has 0 aliphatic carbocycles. The number of amides is 1. The Morgan fingerprint density at radius 2 is 2.04 bits per heavy atom. The van der Waals surface area contributed by atoms with Gasteiger partial charge < -0.3 is 10.1 Å². The summed E-state index contributed by atoms with van der Waals surface area (Å²) in [6.07, 6.45) is 0.466. The molecule has 1 saturated heterocycles. The molecule has 1 amide bonds. The highest BCUT2D eigenvalue weighted by atomic mass is 32.2. The summed E-state index contributed by atoms with van der Waals surface area (Å²) < 4.78 is 28.3. The molecular weight excluding hydrogens is 334 g/mol. The van der Waals surface area contributed by atoms with E-state index in [0.717, 1.165) is 10.4 Å². The van der Waals surface area contributed by atoms with Gasteiger partial charge >= 0.3 is 0 Å². The maximum atomic E-state index is 12.5. The normalized spacial score (nSPS) is 19.4. The summed E-state index contributed by atoms with van der Waals surface area (Å²) in [4.78, 5) is 13.9. The number of nitrogens with one attached hydrogen (secondary N) is 1. The average Bonchev–Trinajstić information content (AvgIpc) is 3.11. The third kappa shape index (κ3) is 3.56. The molecule has 5 nitrogen and oxygen atoms in total. The van der Waals surface area contributed by atoms with Crippen molar-refractivity contribution in [1.82, 2.24) is 5.32 Å². The molecule has 1 aromatic carbocycles. The van der Waals surface area contributed by atoms with Gasteiger partial charge in [0, 0.05) is 10.9 Å². The third-order valence-electron chi connectivity index (χ3n) is 3.75. The van der Waals surface area contributed by atoms with E-state index in [1.54, 1.807) is 0 Å². The van der Waals surface area contributed by atoms with Crippen LogP contribution >= 0.6 is 11.3 Å². The van der Waals surface area contributed by atoms with Gasteiger partial charge in [0.25, 0.3) is 5.91 Å². The Labute approximate surface area is 139 Å². The Bertz CT molecular complexity index is 812. The van der Waals surface area contributed by atoms with Crippen LogP contribution < -0.4 is 10.1 Å². The summed E-state index contributed by atoms with van der Waals surface area (Å²) in [5.74, 6) is 0.371. The minimum Gasteiger partial charge on any atom is -0.495 e. The van der Waals surface area contributed by atoms with Gasteiger partial charge in [0.1, 0.15) is 10.6 Å². The maximum absolute atomic E-state index is 12.5. The molecule has 1 atom stereocenters. The molecule has 122 valence electrons.